The second-order valence-corrected chi connectivity index (χ2v) is 5.63. The van der Waals surface area contributed by atoms with E-state index in [0.29, 0.717) is 5.92 Å². The molecule has 0 spiro atoms. The SMILES string of the molecule is CCN(CC)CCCNCc1snnc1C(C)C. The third kappa shape index (κ3) is 5.00. The maximum Gasteiger partial charge on any atom is 0.0826 e. The Morgan fingerprint density at radius 1 is 1.28 bits per heavy atom. The van der Waals surface area contributed by atoms with Crippen LogP contribution in [0.4, 0.5) is 0 Å². The van der Waals surface area contributed by atoms with Crippen molar-refractivity contribution in [3.8, 4) is 0 Å². The number of nitrogens with zero attached hydrogens (tertiary/aromatic N) is 3. The molecule has 0 aliphatic carbocycles. The predicted molar refractivity (Wildman–Crippen MR) is 78.1 cm³/mol. The summed E-state index contributed by atoms with van der Waals surface area (Å²) >= 11 is 1.52. The fourth-order valence-corrected chi connectivity index (χ4v) is 2.71. The van der Waals surface area contributed by atoms with Crippen LogP contribution in [0, 0.1) is 0 Å². The van der Waals surface area contributed by atoms with E-state index in [-0.39, 0.29) is 0 Å². The van der Waals surface area contributed by atoms with E-state index in [9.17, 15) is 0 Å². The highest BCUT2D eigenvalue weighted by atomic mass is 32.1. The van der Waals surface area contributed by atoms with Gasteiger partial charge in [-0.1, -0.05) is 32.2 Å². The normalized spacial score (nSPS) is 11.7. The Balaban J connectivity index is 2.20. The van der Waals surface area contributed by atoms with Crippen molar-refractivity contribution in [3.63, 3.8) is 0 Å². The molecule has 0 fully saturated rings. The summed E-state index contributed by atoms with van der Waals surface area (Å²) in [5, 5.41) is 7.68. The molecule has 4 nitrogen and oxygen atoms in total. The highest BCUT2D eigenvalue weighted by molar-refractivity contribution is 7.05. The van der Waals surface area contributed by atoms with Crippen molar-refractivity contribution < 1.29 is 0 Å². The first kappa shape index (κ1) is 15.5. The quantitative estimate of drug-likeness (QED) is 0.700. The van der Waals surface area contributed by atoms with Gasteiger partial charge in [-0.3, -0.25) is 0 Å². The highest BCUT2D eigenvalue weighted by Gasteiger charge is 2.10. The molecular formula is C13H26N4S. The number of hydrogen-bond acceptors (Lipinski definition) is 5. The summed E-state index contributed by atoms with van der Waals surface area (Å²) in [5.74, 6) is 0.469. The average Bonchev–Trinajstić information content (AvgIpc) is 2.82. The number of nitrogens with one attached hydrogen (secondary N) is 1. The second kappa shape index (κ2) is 8.56. The predicted octanol–water partition coefficient (Wildman–Crippen LogP) is 2.48. The molecule has 0 aliphatic heterocycles. The Labute approximate surface area is 115 Å². The van der Waals surface area contributed by atoms with Crippen molar-refractivity contribution in [2.45, 2.75) is 46.6 Å². The molecule has 0 bridgehead atoms. The molecule has 1 N–H and O–H groups in total. The van der Waals surface area contributed by atoms with Gasteiger partial charge in [0.25, 0.3) is 0 Å². The van der Waals surface area contributed by atoms with Gasteiger partial charge in [0.15, 0.2) is 0 Å². The van der Waals surface area contributed by atoms with Gasteiger partial charge >= 0.3 is 0 Å². The molecule has 1 heterocycles. The molecule has 104 valence electrons. The van der Waals surface area contributed by atoms with Gasteiger partial charge in [0.1, 0.15) is 0 Å². The summed E-state index contributed by atoms with van der Waals surface area (Å²) in [6.07, 6.45) is 1.20. The monoisotopic (exact) mass is 270 g/mol. The van der Waals surface area contributed by atoms with Gasteiger partial charge in [-0.2, -0.15) is 0 Å². The lowest BCUT2D eigenvalue weighted by Gasteiger charge is -2.17. The standard InChI is InChI=1S/C13H26N4S/c1-5-17(6-2)9-7-8-14-10-12-13(11(3)4)15-16-18-12/h11,14H,5-10H2,1-4H3. The van der Waals surface area contributed by atoms with Gasteiger partial charge in [-0.15, -0.1) is 5.10 Å². The first-order valence-corrected chi connectivity index (χ1v) is 7.70. The molecule has 1 rings (SSSR count). The van der Waals surface area contributed by atoms with Crippen LogP contribution >= 0.6 is 11.5 Å². The van der Waals surface area contributed by atoms with Crippen LogP contribution in [0.2, 0.25) is 0 Å². The van der Waals surface area contributed by atoms with E-state index >= 15 is 0 Å². The van der Waals surface area contributed by atoms with E-state index in [4.69, 9.17) is 0 Å². The van der Waals surface area contributed by atoms with Gasteiger partial charge in [0.2, 0.25) is 0 Å². The molecule has 0 unspecified atom stereocenters. The molecule has 0 saturated carbocycles. The zero-order valence-corrected chi connectivity index (χ0v) is 12.9. The van der Waals surface area contributed by atoms with Crippen LogP contribution in [-0.4, -0.2) is 40.7 Å². The smallest absolute Gasteiger partial charge is 0.0826 e. The average molecular weight is 270 g/mol. The van der Waals surface area contributed by atoms with Crippen LogP contribution in [0.15, 0.2) is 0 Å². The van der Waals surface area contributed by atoms with Gasteiger partial charge < -0.3 is 10.2 Å². The molecule has 1 aromatic heterocycles. The second-order valence-electron chi connectivity index (χ2n) is 4.79. The third-order valence-electron chi connectivity index (χ3n) is 3.14. The Morgan fingerprint density at radius 2 is 2.00 bits per heavy atom. The van der Waals surface area contributed by atoms with Crippen molar-refractivity contribution in [1.29, 1.82) is 0 Å². The van der Waals surface area contributed by atoms with E-state index in [1.165, 1.54) is 29.4 Å². The minimum atomic E-state index is 0.469. The van der Waals surface area contributed by atoms with Crippen molar-refractivity contribution in [2.24, 2.45) is 0 Å². The van der Waals surface area contributed by atoms with Gasteiger partial charge in [0.05, 0.1) is 10.6 Å². The molecule has 0 amide bonds. The Kier molecular flexibility index (Phi) is 7.39. The summed E-state index contributed by atoms with van der Waals surface area (Å²) in [6, 6.07) is 0. The topological polar surface area (TPSA) is 41.0 Å². The van der Waals surface area contributed by atoms with Crippen LogP contribution in [0.25, 0.3) is 0 Å². The molecule has 0 radical (unpaired) electrons. The van der Waals surface area contributed by atoms with Gasteiger partial charge in [0, 0.05) is 6.54 Å². The van der Waals surface area contributed by atoms with E-state index in [0.717, 1.165) is 31.9 Å². The fourth-order valence-electron chi connectivity index (χ4n) is 1.95. The van der Waals surface area contributed by atoms with Crippen molar-refractivity contribution in [3.05, 3.63) is 10.6 Å². The maximum atomic E-state index is 4.19. The van der Waals surface area contributed by atoms with Crippen LogP contribution in [-0.2, 0) is 6.54 Å². The Bertz CT molecular complexity index is 321. The summed E-state index contributed by atoms with van der Waals surface area (Å²) < 4.78 is 4.04. The van der Waals surface area contributed by atoms with Gasteiger partial charge in [-0.05, 0) is 50.1 Å². The molecule has 0 saturated heterocycles. The van der Waals surface area contributed by atoms with Crippen LogP contribution < -0.4 is 5.32 Å². The summed E-state index contributed by atoms with van der Waals surface area (Å²) in [6.45, 7) is 14.2. The molecule has 0 atom stereocenters. The highest BCUT2D eigenvalue weighted by Crippen LogP contribution is 2.19. The third-order valence-corrected chi connectivity index (χ3v) is 3.88. The van der Waals surface area contributed by atoms with Crippen molar-refractivity contribution >= 4 is 11.5 Å². The minimum absolute atomic E-state index is 0.469. The largest absolute Gasteiger partial charge is 0.312 e. The molecule has 0 aliphatic rings. The molecular weight excluding hydrogens is 244 g/mol. The fraction of sp³-hybridized carbons (Fsp3) is 0.846. The molecule has 18 heavy (non-hydrogen) atoms. The van der Waals surface area contributed by atoms with Crippen LogP contribution in [0.3, 0.4) is 0 Å². The lowest BCUT2D eigenvalue weighted by atomic mass is 10.1. The van der Waals surface area contributed by atoms with E-state index in [1.54, 1.807) is 0 Å². The Hall–Kier alpha value is -0.520. The Morgan fingerprint density at radius 3 is 2.61 bits per heavy atom. The van der Waals surface area contributed by atoms with E-state index in [2.05, 4.69) is 47.5 Å². The van der Waals surface area contributed by atoms with E-state index in [1.807, 2.05) is 0 Å². The molecule has 5 heteroatoms. The van der Waals surface area contributed by atoms with Crippen molar-refractivity contribution in [1.82, 2.24) is 19.8 Å². The first-order valence-electron chi connectivity index (χ1n) is 6.93. The van der Waals surface area contributed by atoms with Gasteiger partial charge in [-0.25, -0.2) is 0 Å². The number of aromatic nitrogens is 2. The van der Waals surface area contributed by atoms with Crippen LogP contribution in [0.5, 0.6) is 0 Å². The summed E-state index contributed by atoms with van der Waals surface area (Å²) in [7, 11) is 0. The number of rotatable bonds is 9. The molecule has 1 aromatic rings. The van der Waals surface area contributed by atoms with E-state index < -0.39 is 0 Å². The lowest BCUT2D eigenvalue weighted by molar-refractivity contribution is 0.298. The summed E-state index contributed by atoms with van der Waals surface area (Å²) in [4.78, 5) is 3.74. The maximum absolute atomic E-state index is 4.19. The first-order chi connectivity index (χ1) is 8.69. The van der Waals surface area contributed by atoms with Crippen molar-refractivity contribution in [2.75, 3.05) is 26.2 Å². The molecule has 0 aromatic carbocycles. The lowest BCUT2D eigenvalue weighted by Crippen LogP contribution is -2.27. The minimum Gasteiger partial charge on any atom is -0.312 e. The van der Waals surface area contributed by atoms with Crippen LogP contribution in [0.1, 0.15) is 50.6 Å². The number of hydrogen-bond donors (Lipinski definition) is 1. The zero-order chi connectivity index (χ0) is 13.4. The summed E-state index contributed by atoms with van der Waals surface area (Å²) in [5.41, 5.74) is 1.15. The zero-order valence-electron chi connectivity index (χ0n) is 12.1.